The molecule has 0 spiro atoms. The summed E-state index contributed by atoms with van der Waals surface area (Å²) >= 11 is 0. The lowest BCUT2D eigenvalue weighted by atomic mass is 9.75. The van der Waals surface area contributed by atoms with Crippen LogP contribution in [0.15, 0.2) is 42.5 Å². The third-order valence-electron chi connectivity index (χ3n) is 4.73. The van der Waals surface area contributed by atoms with Crippen molar-refractivity contribution in [3.05, 3.63) is 65.0 Å². The number of nitrogens with one attached hydrogen (secondary N) is 1. The number of halogens is 1. The second-order valence-corrected chi connectivity index (χ2v) is 6.39. The van der Waals surface area contributed by atoms with Crippen LogP contribution >= 0.6 is 0 Å². The quantitative estimate of drug-likeness (QED) is 0.865. The highest BCUT2D eigenvalue weighted by atomic mass is 19.1. The van der Waals surface area contributed by atoms with Gasteiger partial charge in [-0.1, -0.05) is 18.2 Å². The Bertz CT molecular complexity index is 856. The van der Waals surface area contributed by atoms with E-state index in [-0.39, 0.29) is 22.8 Å². The van der Waals surface area contributed by atoms with Crippen LogP contribution in [0, 0.1) is 23.1 Å². The van der Waals surface area contributed by atoms with E-state index in [0.29, 0.717) is 18.4 Å². The minimum Gasteiger partial charge on any atom is -0.494 e. The molecule has 0 heterocycles. The molecule has 6 heteroatoms. The van der Waals surface area contributed by atoms with Crippen LogP contribution in [0.5, 0.6) is 5.75 Å². The van der Waals surface area contributed by atoms with Gasteiger partial charge < -0.3 is 15.2 Å². The zero-order valence-electron chi connectivity index (χ0n) is 14.3. The Morgan fingerprint density at radius 2 is 2.08 bits per heavy atom. The van der Waals surface area contributed by atoms with Crippen LogP contribution in [0.1, 0.15) is 40.4 Å². The maximum Gasteiger partial charge on any atom is 0.253 e. The molecule has 2 aromatic carbocycles. The van der Waals surface area contributed by atoms with Gasteiger partial charge >= 0.3 is 0 Å². The molecule has 1 atom stereocenters. The molecule has 1 aliphatic rings. The van der Waals surface area contributed by atoms with Crippen molar-refractivity contribution >= 4 is 5.91 Å². The standard InChI is InChI=1S/C20H19FN2O3/c1-26-18-7-6-12(10-17(18)21)19(14-8-15(24)9-14)23-20(25)16-5-3-2-4-13(16)11-22/h2-7,10,14-15,19,24H,8-9H2,1H3,(H,23,25). The van der Waals surface area contributed by atoms with Crippen molar-refractivity contribution in [1.29, 1.82) is 5.26 Å². The first-order chi connectivity index (χ1) is 12.5. The Balaban J connectivity index is 1.89. The Labute approximate surface area is 151 Å². The van der Waals surface area contributed by atoms with E-state index in [1.54, 1.807) is 30.3 Å². The van der Waals surface area contributed by atoms with Gasteiger partial charge in [-0.15, -0.1) is 0 Å². The van der Waals surface area contributed by atoms with Crippen LogP contribution in [0.25, 0.3) is 0 Å². The lowest BCUT2D eigenvalue weighted by Gasteiger charge is -2.38. The number of hydrogen-bond acceptors (Lipinski definition) is 4. The van der Waals surface area contributed by atoms with Gasteiger partial charge in [0.25, 0.3) is 5.91 Å². The number of nitriles is 1. The van der Waals surface area contributed by atoms with E-state index < -0.39 is 23.9 Å². The first-order valence-corrected chi connectivity index (χ1v) is 8.35. The zero-order chi connectivity index (χ0) is 18.7. The molecule has 134 valence electrons. The number of hydrogen-bond donors (Lipinski definition) is 2. The smallest absolute Gasteiger partial charge is 0.253 e. The molecule has 1 amide bonds. The molecule has 1 aliphatic carbocycles. The second kappa shape index (κ2) is 7.54. The lowest BCUT2D eigenvalue weighted by molar-refractivity contribution is 0.0234. The highest BCUT2D eigenvalue weighted by Gasteiger charge is 2.36. The predicted octanol–water partition coefficient (Wildman–Crippen LogP) is 2.95. The van der Waals surface area contributed by atoms with Gasteiger partial charge in [-0.05, 0) is 48.6 Å². The van der Waals surface area contributed by atoms with Crippen molar-refractivity contribution in [3.63, 3.8) is 0 Å². The van der Waals surface area contributed by atoms with Crippen molar-refractivity contribution in [2.45, 2.75) is 25.0 Å². The fraction of sp³-hybridized carbons (Fsp3) is 0.300. The highest BCUT2D eigenvalue weighted by molar-refractivity contribution is 5.96. The summed E-state index contributed by atoms with van der Waals surface area (Å²) in [5.74, 6) is -0.787. The molecule has 1 saturated carbocycles. The number of nitrogens with zero attached hydrogens (tertiary/aromatic N) is 1. The van der Waals surface area contributed by atoms with Crippen molar-refractivity contribution < 1.29 is 19.0 Å². The average molecular weight is 354 g/mol. The summed E-state index contributed by atoms with van der Waals surface area (Å²) in [7, 11) is 1.39. The Hall–Kier alpha value is -2.91. The van der Waals surface area contributed by atoms with E-state index in [0.717, 1.165) is 0 Å². The number of rotatable bonds is 5. The number of amides is 1. The van der Waals surface area contributed by atoms with Crippen molar-refractivity contribution in [2.75, 3.05) is 7.11 Å². The molecule has 0 bridgehead atoms. The van der Waals surface area contributed by atoms with Gasteiger partial charge in [-0.2, -0.15) is 5.26 Å². The molecular formula is C20H19FN2O3. The minimum absolute atomic E-state index is 0.00371. The summed E-state index contributed by atoms with van der Waals surface area (Å²) in [5.41, 5.74) is 1.15. The molecule has 0 aliphatic heterocycles. The van der Waals surface area contributed by atoms with E-state index in [2.05, 4.69) is 5.32 Å². The van der Waals surface area contributed by atoms with Crippen LogP contribution in [0.4, 0.5) is 4.39 Å². The first-order valence-electron chi connectivity index (χ1n) is 8.35. The third kappa shape index (κ3) is 3.53. The monoisotopic (exact) mass is 354 g/mol. The molecule has 0 aromatic heterocycles. The fourth-order valence-electron chi connectivity index (χ4n) is 3.25. The number of carbonyl (C=O) groups is 1. The average Bonchev–Trinajstić information content (AvgIpc) is 2.63. The summed E-state index contributed by atoms with van der Waals surface area (Å²) in [6.45, 7) is 0. The van der Waals surface area contributed by atoms with E-state index in [4.69, 9.17) is 4.74 Å². The predicted molar refractivity (Wildman–Crippen MR) is 93.0 cm³/mol. The Morgan fingerprint density at radius 3 is 2.69 bits per heavy atom. The largest absolute Gasteiger partial charge is 0.494 e. The van der Waals surface area contributed by atoms with Gasteiger partial charge in [0.05, 0.1) is 36.5 Å². The number of methoxy groups -OCH3 is 1. The normalized spacial score (nSPS) is 19.8. The van der Waals surface area contributed by atoms with E-state index in [1.165, 1.54) is 19.2 Å². The number of ether oxygens (including phenoxy) is 1. The van der Waals surface area contributed by atoms with Crippen LogP contribution in [0.2, 0.25) is 0 Å². The lowest BCUT2D eigenvalue weighted by Crippen LogP contribution is -2.41. The maximum absolute atomic E-state index is 14.1. The summed E-state index contributed by atoms with van der Waals surface area (Å²) in [4.78, 5) is 12.7. The highest BCUT2D eigenvalue weighted by Crippen LogP contribution is 2.39. The van der Waals surface area contributed by atoms with E-state index in [1.807, 2.05) is 6.07 Å². The summed E-state index contributed by atoms with van der Waals surface area (Å²) in [6.07, 6.45) is 0.644. The topological polar surface area (TPSA) is 82.3 Å². The van der Waals surface area contributed by atoms with Gasteiger partial charge in [-0.25, -0.2) is 4.39 Å². The van der Waals surface area contributed by atoms with E-state index >= 15 is 0 Å². The number of aliphatic hydroxyl groups excluding tert-OH is 1. The molecule has 1 fully saturated rings. The second-order valence-electron chi connectivity index (χ2n) is 6.39. The minimum atomic E-state index is -0.512. The zero-order valence-corrected chi connectivity index (χ0v) is 14.3. The van der Waals surface area contributed by atoms with Crippen LogP contribution in [-0.2, 0) is 0 Å². The molecule has 2 N–H and O–H groups in total. The molecule has 0 radical (unpaired) electrons. The Morgan fingerprint density at radius 1 is 1.35 bits per heavy atom. The van der Waals surface area contributed by atoms with Gasteiger partial charge in [-0.3, -0.25) is 4.79 Å². The molecule has 2 aromatic rings. The third-order valence-corrected chi connectivity index (χ3v) is 4.73. The van der Waals surface area contributed by atoms with E-state index in [9.17, 15) is 19.6 Å². The summed E-state index contributed by atoms with van der Waals surface area (Å²) in [6, 6.07) is 12.6. The van der Waals surface area contributed by atoms with Crippen LogP contribution < -0.4 is 10.1 Å². The number of carbonyl (C=O) groups excluding carboxylic acids is 1. The van der Waals surface area contributed by atoms with Crippen LogP contribution in [-0.4, -0.2) is 24.2 Å². The fourth-order valence-corrected chi connectivity index (χ4v) is 3.25. The first kappa shape index (κ1) is 17.9. The van der Waals surface area contributed by atoms with Gasteiger partial charge in [0.1, 0.15) is 0 Å². The Kier molecular flexibility index (Phi) is 5.19. The van der Waals surface area contributed by atoms with Gasteiger partial charge in [0, 0.05) is 0 Å². The molecule has 3 rings (SSSR count). The molecule has 26 heavy (non-hydrogen) atoms. The van der Waals surface area contributed by atoms with Gasteiger partial charge in [0.15, 0.2) is 11.6 Å². The molecule has 5 nitrogen and oxygen atoms in total. The SMILES string of the molecule is COc1ccc(C(NC(=O)c2ccccc2C#N)C2CC(O)C2)cc1F. The molecular weight excluding hydrogens is 335 g/mol. The summed E-state index contributed by atoms with van der Waals surface area (Å²) in [5, 5.41) is 21.7. The number of benzene rings is 2. The maximum atomic E-state index is 14.1. The molecule has 0 saturated heterocycles. The van der Waals surface area contributed by atoms with Gasteiger partial charge in [0.2, 0.25) is 0 Å². The number of aliphatic hydroxyl groups is 1. The van der Waals surface area contributed by atoms with Crippen LogP contribution in [0.3, 0.4) is 0 Å². The molecule has 1 unspecified atom stereocenters. The van der Waals surface area contributed by atoms with Crippen molar-refractivity contribution in [3.8, 4) is 11.8 Å². The summed E-state index contributed by atoms with van der Waals surface area (Å²) < 4.78 is 19.1. The van der Waals surface area contributed by atoms with Crippen molar-refractivity contribution in [2.24, 2.45) is 5.92 Å². The van der Waals surface area contributed by atoms with Crippen molar-refractivity contribution in [1.82, 2.24) is 5.32 Å².